The molecular formula is C14H21N5O2S. The highest BCUT2D eigenvalue weighted by molar-refractivity contribution is 7.11. The lowest BCUT2D eigenvalue weighted by Crippen LogP contribution is -2.46. The van der Waals surface area contributed by atoms with E-state index < -0.39 is 0 Å². The zero-order valence-corrected chi connectivity index (χ0v) is 13.7. The summed E-state index contributed by atoms with van der Waals surface area (Å²) in [5, 5.41) is 7.25. The van der Waals surface area contributed by atoms with Gasteiger partial charge in [-0.05, 0) is 13.3 Å². The Labute approximate surface area is 133 Å². The third kappa shape index (κ3) is 4.52. The number of amides is 2. The van der Waals surface area contributed by atoms with Crippen LogP contribution in [0.15, 0.2) is 11.2 Å². The normalized spacial score (nSPS) is 16.1. The van der Waals surface area contributed by atoms with E-state index in [1.807, 2.05) is 13.1 Å². The SMILES string of the molecule is CN=C(NCCN1C(=O)CCCC1=O)NCc1ncc(C)s1. The van der Waals surface area contributed by atoms with Gasteiger partial charge in [-0.3, -0.25) is 19.5 Å². The molecule has 7 nitrogen and oxygen atoms in total. The molecule has 0 aromatic carbocycles. The number of rotatable bonds is 5. The maximum absolute atomic E-state index is 11.7. The molecule has 0 radical (unpaired) electrons. The van der Waals surface area contributed by atoms with E-state index in [0.29, 0.717) is 44.9 Å². The van der Waals surface area contributed by atoms with Crippen molar-refractivity contribution in [3.05, 3.63) is 16.1 Å². The van der Waals surface area contributed by atoms with Gasteiger partial charge in [-0.1, -0.05) is 0 Å². The number of likely N-dealkylation sites (tertiary alicyclic amines) is 1. The molecule has 0 unspecified atom stereocenters. The number of thiazole rings is 1. The van der Waals surface area contributed by atoms with Crippen LogP contribution in [0.1, 0.15) is 29.1 Å². The summed E-state index contributed by atoms with van der Waals surface area (Å²) in [5.74, 6) is 0.461. The lowest BCUT2D eigenvalue weighted by atomic mass is 10.1. The van der Waals surface area contributed by atoms with Crippen LogP contribution in [0.5, 0.6) is 0 Å². The number of nitrogens with zero attached hydrogens (tertiary/aromatic N) is 3. The number of aliphatic imine (C=N–C) groups is 1. The smallest absolute Gasteiger partial charge is 0.229 e. The van der Waals surface area contributed by atoms with Gasteiger partial charge < -0.3 is 10.6 Å². The minimum Gasteiger partial charge on any atom is -0.355 e. The number of hydrogen-bond donors (Lipinski definition) is 2. The first kappa shape index (κ1) is 16.4. The van der Waals surface area contributed by atoms with Gasteiger partial charge in [0.15, 0.2) is 5.96 Å². The number of carbonyl (C=O) groups excluding carboxylic acids is 2. The second kappa shape index (κ2) is 7.88. The van der Waals surface area contributed by atoms with Crippen molar-refractivity contribution < 1.29 is 9.59 Å². The topological polar surface area (TPSA) is 86.7 Å². The van der Waals surface area contributed by atoms with Crippen molar-refractivity contribution in [1.29, 1.82) is 0 Å². The van der Waals surface area contributed by atoms with E-state index in [-0.39, 0.29) is 11.8 Å². The summed E-state index contributed by atoms with van der Waals surface area (Å²) in [6.45, 7) is 3.46. The molecule has 2 heterocycles. The first-order valence-electron chi connectivity index (χ1n) is 7.29. The Morgan fingerprint density at radius 1 is 1.36 bits per heavy atom. The predicted molar refractivity (Wildman–Crippen MR) is 85.6 cm³/mol. The van der Waals surface area contributed by atoms with Crippen LogP contribution in [0.2, 0.25) is 0 Å². The van der Waals surface area contributed by atoms with Gasteiger partial charge in [-0.15, -0.1) is 11.3 Å². The van der Waals surface area contributed by atoms with Crippen LogP contribution in [-0.4, -0.2) is 47.8 Å². The molecule has 0 aliphatic carbocycles. The van der Waals surface area contributed by atoms with Crippen LogP contribution in [0.4, 0.5) is 0 Å². The average Bonchev–Trinajstić information content (AvgIpc) is 2.91. The molecule has 1 fully saturated rings. The molecule has 2 amide bonds. The van der Waals surface area contributed by atoms with Gasteiger partial charge >= 0.3 is 0 Å². The van der Waals surface area contributed by atoms with Crippen molar-refractivity contribution in [1.82, 2.24) is 20.5 Å². The fourth-order valence-corrected chi connectivity index (χ4v) is 2.93. The highest BCUT2D eigenvalue weighted by atomic mass is 32.1. The van der Waals surface area contributed by atoms with Gasteiger partial charge in [0, 0.05) is 44.1 Å². The molecule has 1 saturated heterocycles. The highest BCUT2D eigenvalue weighted by Gasteiger charge is 2.25. The molecule has 1 aromatic heterocycles. The number of piperidine rings is 1. The molecular weight excluding hydrogens is 302 g/mol. The number of guanidine groups is 1. The molecule has 1 aliphatic rings. The number of carbonyl (C=O) groups is 2. The molecule has 0 spiro atoms. The van der Waals surface area contributed by atoms with Crippen molar-refractivity contribution in [2.45, 2.75) is 32.7 Å². The molecule has 0 bridgehead atoms. The third-order valence-electron chi connectivity index (χ3n) is 3.31. The Hall–Kier alpha value is -1.96. The number of imide groups is 1. The Balaban J connectivity index is 1.74. The lowest BCUT2D eigenvalue weighted by molar-refractivity contribution is -0.147. The van der Waals surface area contributed by atoms with Gasteiger partial charge in [0.25, 0.3) is 0 Å². The summed E-state index contributed by atoms with van der Waals surface area (Å²) in [4.78, 5) is 34.3. The first-order chi connectivity index (χ1) is 10.6. The Morgan fingerprint density at radius 2 is 2.09 bits per heavy atom. The summed E-state index contributed by atoms with van der Waals surface area (Å²) < 4.78 is 0. The minimum absolute atomic E-state index is 0.0840. The van der Waals surface area contributed by atoms with Crippen LogP contribution in [0.25, 0.3) is 0 Å². The largest absolute Gasteiger partial charge is 0.355 e. The summed E-state index contributed by atoms with van der Waals surface area (Å²) in [7, 11) is 1.68. The van der Waals surface area contributed by atoms with Crippen molar-refractivity contribution in [2.24, 2.45) is 4.99 Å². The van der Waals surface area contributed by atoms with Gasteiger partial charge in [0.1, 0.15) is 5.01 Å². The molecule has 120 valence electrons. The van der Waals surface area contributed by atoms with Gasteiger partial charge in [-0.25, -0.2) is 4.98 Å². The van der Waals surface area contributed by atoms with E-state index >= 15 is 0 Å². The van der Waals surface area contributed by atoms with Gasteiger partial charge in [0.2, 0.25) is 11.8 Å². The first-order valence-corrected chi connectivity index (χ1v) is 8.11. The van der Waals surface area contributed by atoms with Crippen LogP contribution in [-0.2, 0) is 16.1 Å². The standard InChI is InChI=1S/C14H21N5O2S/c1-10-8-17-11(22-10)9-18-14(15-2)16-6-7-19-12(20)4-3-5-13(19)21/h8H,3-7,9H2,1-2H3,(H2,15,16,18). The maximum atomic E-state index is 11.7. The second-order valence-electron chi connectivity index (χ2n) is 5.01. The van der Waals surface area contributed by atoms with Crippen molar-refractivity contribution in [3.63, 3.8) is 0 Å². The Bertz CT molecular complexity index is 553. The second-order valence-corrected chi connectivity index (χ2v) is 6.33. The monoisotopic (exact) mass is 323 g/mol. The average molecular weight is 323 g/mol. The quantitative estimate of drug-likeness (QED) is 0.472. The van der Waals surface area contributed by atoms with Crippen LogP contribution < -0.4 is 10.6 Å². The predicted octanol–water partition coefficient (Wildman–Crippen LogP) is 0.656. The fraction of sp³-hybridized carbons (Fsp3) is 0.571. The van der Waals surface area contributed by atoms with E-state index in [1.165, 1.54) is 9.78 Å². The van der Waals surface area contributed by atoms with Gasteiger partial charge in [-0.2, -0.15) is 0 Å². The molecule has 8 heteroatoms. The van der Waals surface area contributed by atoms with Crippen molar-refractivity contribution in [3.8, 4) is 0 Å². The van der Waals surface area contributed by atoms with Crippen LogP contribution >= 0.6 is 11.3 Å². The lowest BCUT2D eigenvalue weighted by Gasteiger charge is -2.25. The fourth-order valence-electron chi connectivity index (χ4n) is 2.20. The minimum atomic E-state index is -0.0840. The van der Waals surface area contributed by atoms with E-state index in [1.54, 1.807) is 18.4 Å². The number of nitrogens with one attached hydrogen (secondary N) is 2. The van der Waals surface area contributed by atoms with E-state index in [9.17, 15) is 9.59 Å². The molecule has 22 heavy (non-hydrogen) atoms. The molecule has 0 saturated carbocycles. The highest BCUT2D eigenvalue weighted by Crippen LogP contribution is 2.11. The summed E-state index contributed by atoms with van der Waals surface area (Å²) >= 11 is 1.63. The van der Waals surface area contributed by atoms with Crippen molar-refractivity contribution in [2.75, 3.05) is 20.1 Å². The third-order valence-corrected chi connectivity index (χ3v) is 4.22. The molecule has 1 aromatic rings. The Morgan fingerprint density at radius 3 is 2.68 bits per heavy atom. The molecule has 0 atom stereocenters. The van der Waals surface area contributed by atoms with E-state index in [0.717, 1.165) is 5.01 Å². The van der Waals surface area contributed by atoms with E-state index in [2.05, 4.69) is 20.6 Å². The van der Waals surface area contributed by atoms with E-state index in [4.69, 9.17) is 0 Å². The summed E-state index contributed by atoms with van der Waals surface area (Å²) in [5.41, 5.74) is 0. The zero-order valence-electron chi connectivity index (χ0n) is 12.9. The van der Waals surface area contributed by atoms with Crippen molar-refractivity contribution >= 4 is 29.1 Å². The van der Waals surface area contributed by atoms with Crippen LogP contribution in [0, 0.1) is 6.92 Å². The van der Waals surface area contributed by atoms with Crippen LogP contribution in [0.3, 0.4) is 0 Å². The number of aryl methyl sites for hydroxylation is 1. The van der Waals surface area contributed by atoms with Gasteiger partial charge in [0.05, 0.1) is 6.54 Å². The maximum Gasteiger partial charge on any atom is 0.229 e. The molecule has 1 aliphatic heterocycles. The summed E-state index contributed by atoms with van der Waals surface area (Å²) in [6, 6.07) is 0. The number of aromatic nitrogens is 1. The number of hydrogen-bond acceptors (Lipinski definition) is 5. The summed E-state index contributed by atoms with van der Waals surface area (Å²) in [6.07, 6.45) is 3.42. The molecule has 2 rings (SSSR count). The molecule has 2 N–H and O–H groups in total. The zero-order chi connectivity index (χ0) is 15.9. The Kier molecular flexibility index (Phi) is 5.88.